The van der Waals surface area contributed by atoms with Gasteiger partial charge < -0.3 is 5.11 Å². The van der Waals surface area contributed by atoms with E-state index < -0.39 is 40.5 Å². The van der Waals surface area contributed by atoms with Crippen LogP contribution in [0.25, 0.3) is 0 Å². The topological polar surface area (TPSA) is 33.1 Å². The number of aromatic nitrogens is 1. The lowest BCUT2D eigenvalue weighted by molar-refractivity contribution is -0.138. The molecule has 0 aliphatic heterocycles. The monoisotopic (exact) mass is 305 g/mol. The third kappa shape index (κ3) is 2.49. The van der Waals surface area contributed by atoms with Gasteiger partial charge in [-0.2, -0.15) is 13.2 Å². The SMILES string of the molecule is OCc1ncc(C(F)(F)F)c(Br)c1C(F)F. The van der Waals surface area contributed by atoms with Crippen molar-refractivity contribution < 1.29 is 27.1 Å². The van der Waals surface area contributed by atoms with Crippen molar-refractivity contribution in [2.75, 3.05) is 0 Å². The molecule has 0 fully saturated rings. The third-order valence-electron chi connectivity index (χ3n) is 1.81. The Morgan fingerprint density at radius 2 is 1.94 bits per heavy atom. The number of alkyl halides is 5. The summed E-state index contributed by atoms with van der Waals surface area (Å²) in [5, 5.41) is 8.69. The summed E-state index contributed by atoms with van der Waals surface area (Å²) in [6, 6.07) is 0. The first kappa shape index (κ1) is 13.3. The molecule has 0 radical (unpaired) electrons. The summed E-state index contributed by atoms with van der Waals surface area (Å²) < 4.78 is 61.3. The Morgan fingerprint density at radius 3 is 2.31 bits per heavy atom. The highest BCUT2D eigenvalue weighted by molar-refractivity contribution is 9.10. The smallest absolute Gasteiger partial charge is 0.390 e. The van der Waals surface area contributed by atoms with Crippen molar-refractivity contribution in [2.24, 2.45) is 0 Å². The van der Waals surface area contributed by atoms with Gasteiger partial charge in [0.2, 0.25) is 0 Å². The van der Waals surface area contributed by atoms with E-state index in [1.54, 1.807) is 0 Å². The quantitative estimate of drug-likeness (QED) is 0.851. The highest BCUT2D eigenvalue weighted by atomic mass is 79.9. The molecule has 1 aromatic heterocycles. The van der Waals surface area contributed by atoms with Crippen molar-refractivity contribution >= 4 is 15.9 Å². The van der Waals surface area contributed by atoms with E-state index in [0.29, 0.717) is 6.20 Å². The molecule has 0 atom stereocenters. The van der Waals surface area contributed by atoms with Crippen LogP contribution in [-0.4, -0.2) is 10.1 Å². The number of hydrogen-bond acceptors (Lipinski definition) is 2. The summed E-state index contributed by atoms with van der Waals surface area (Å²) in [6.45, 7) is -0.851. The second kappa shape index (κ2) is 4.62. The molecule has 0 saturated carbocycles. The van der Waals surface area contributed by atoms with Crippen molar-refractivity contribution in [1.29, 1.82) is 0 Å². The maximum Gasteiger partial charge on any atom is 0.418 e. The first-order valence-corrected chi connectivity index (χ1v) is 4.71. The number of hydrogen-bond donors (Lipinski definition) is 1. The van der Waals surface area contributed by atoms with Gasteiger partial charge in [0.25, 0.3) is 6.43 Å². The predicted molar refractivity (Wildman–Crippen MR) is 47.8 cm³/mol. The van der Waals surface area contributed by atoms with E-state index in [1.807, 2.05) is 0 Å². The van der Waals surface area contributed by atoms with Gasteiger partial charge in [-0.25, -0.2) is 8.78 Å². The first-order valence-electron chi connectivity index (χ1n) is 3.92. The van der Waals surface area contributed by atoms with E-state index in [1.165, 1.54) is 0 Å². The molecular formula is C8H5BrF5NO. The summed E-state index contributed by atoms with van der Waals surface area (Å²) in [4.78, 5) is 3.17. The van der Waals surface area contributed by atoms with Gasteiger partial charge in [0.1, 0.15) is 0 Å². The molecule has 0 aromatic carbocycles. The summed E-state index contributed by atoms with van der Waals surface area (Å²) in [5.41, 5.74) is -2.70. The van der Waals surface area contributed by atoms with E-state index in [4.69, 9.17) is 5.11 Å². The van der Waals surface area contributed by atoms with Gasteiger partial charge in [0, 0.05) is 10.7 Å². The largest absolute Gasteiger partial charge is 0.418 e. The Kier molecular flexibility index (Phi) is 3.84. The van der Waals surface area contributed by atoms with Crippen LogP contribution in [0.15, 0.2) is 10.7 Å². The van der Waals surface area contributed by atoms with E-state index in [0.717, 1.165) is 0 Å². The van der Waals surface area contributed by atoms with E-state index >= 15 is 0 Å². The van der Waals surface area contributed by atoms with Gasteiger partial charge >= 0.3 is 6.18 Å². The number of nitrogens with zero attached hydrogens (tertiary/aromatic N) is 1. The van der Waals surface area contributed by atoms with Gasteiger partial charge in [-0.3, -0.25) is 4.98 Å². The highest BCUT2D eigenvalue weighted by Gasteiger charge is 2.36. The standard InChI is InChI=1S/C8H5BrF5NO/c9-6-3(8(12,13)14)1-15-4(2-16)5(6)7(10)11/h1,7,16H,2H2. The molecule has 0 spiro atoms. The minimum Gasteiger partial charge on any atom is -0.390 e. The normalized spacial score (nSPS) is 12.2. The van der Waals surface area contributed by atoms with Crippen LogP contribution in [0.1, 0.15) is 23.2 Å². The molecule has 0 saturated heterocycles. The Labute approximate surface area is 95.2 Å². The Bertz CT molecular complexity index is 393. The van der Waals surface area contributed by atoms with Gasteiger partial charge in [-0.1, -0.05) is 0 Å². The third-order valence-corrected chi connectivity index (χ3v) is 2.66. The van der Waals surface area contributed by atoms with Crippen LogP contribution in [0, 0.1) is 0 Å². The van der Waals surface area contributed by atoms with E-state index in [9.17, 15) is 22.0 Å². The zero-order chi connectivity index (χ0) is 12.5. The maximum atomic E-state index is 12.5. The Hall–Kier alpha value is -0.760. The zero-order valence-electron chi connectivity index (χ0n) is 7.52. The predicted octanol–water partition coefficient (Wildman–Crippen LogP) is 3.29. The van der Waals surface area contributed by atoms with Gasteiger partial charge in [0.15, 0.2) is 0 Å². The van der Waals surface area contributed by atoms with Crippen LogP contribution in [0.3, 0.4) is 0 Å². The number of pyridine rings is 1. The van der Waals surface area contributed by atoms with E-state index in [2.05, 4.69) is 20.9 Å². The van der Waals surface area contributed by atoms with Gasteiger partial charge in [0.05, 0.1) is 23.4 Å². The zero-order valence-corrected chi connectivity index (χ0v) is 9.11. The minimum absolute atomic E-state index is 0.404. The molecule has 0 bridgehead atoms. The summed E-state index contributed by atoms with van der Waals surface area (Å²) in [7, 11) is 0. The van der Waals surface area contributed by atoms with Crippen molar-refractivity contribution in [1.82, 2.24) is 4.98 Å². The van der Waals surface area contributed by atoms with Crippen LogP contribution in [0.4, 0.5) is 22.0 Å². The van der Waals surface area contributed by atoms with Crippen LogP contribution >= 0.6 is 15.9 Å². The molecule has 1 N–H and O–H groups in total. The number of halogens is 6. The van der Waals surface area contributed by atoms with E-state index in [-0.39, 0.29) is 0 Å². The van der Waals surface area contributed by atoms with Crippen molar-refractivity contribution in [3.05, 3.63) is 27.5 Å². The highest BCUT2D eigenvalue weighted by Crippen LogP contribution is 2.39. The molecule has 16 heavy (non-hydrogen) atoms. The fourth-order valence-corrected chi connectivity index (χ4v) is 1.81. The molecule has 0 unspecified atom stereocenters. The molecule has 1 aromatic rings. The molecular weight excluding hydrogens is 301 g/mol. The maximum absolute atomic E-state index is 12.5. The molecule has 8 heteroatoms. The second-order valence-corrected chi connectivity index (χ2v) is 3.60. The fourth-order valence-electron chi connectivity index (χ4n) is 1.09. The fraction of sp³-hybridized carbons (Fsp3) is 0.375. The molecule has 0 aliphatic rings. The van der Waals surface area contributed by atoms with Crippen LogP contribution < -0.4 is 0 Å². The number of aliphatic hydroxyl groups is 1. The summed E-state index contributed by atoms with van der Waals surface area (Å²) >= 11 is 2.46. The lowest BCUT2D eigenvalue weighted by Crippen LogP contribution is -2.11. The minimum atomic E-state index is -4.77. The number of rotatable bonds is 2. The molecule has 90 valence electrons. The summed E-state index contributed by atoms with van der Waals surface area (Å²) in [6.07, 6.45) is -7.52. The lowest BCUT2D eigenvalue weighted by atomic mass is 10.1. The average Bonchev–Trinajstić information content (AvgIpc) is 2.14. The summed E-state index contributed by atoms with van der Waals surface area (Å²) in [5.74, 6) is 0. The van der Waals surface area contributed by atoms with Crippen molar-refractivity contribution in [3.8, 4) is 0 Å². The first-order chi connectivity index (χ1) is 7.29. The van der Waals surface area contributed by atoms with Crippen LogP contribution in [0.5, 0.6) is 0 Å². The molecule has 1 rings (SSSR count). The average molecular weight is 306 g/mol. The molecule has 1 heterocycles. The Balaban J connectivity index is 3.44. The Morgan fingerprint density at radius 1 is 1.38 bits per heavy atom. The lowest BCUT2D eigenvalue weighted by Gasteiger charge is -2.14. The molecule has 0 aliphatic carbocycles. The second-order valence-electron chi connectivity index (χ2n) is 2.80. The molecule has 2 nitrogen and oxygen atoms in total. The van der Waals surface area contributed by atoms with Crippen molar-refractivity contribution in [3.63, 3.8) is 0 Å². The number of aliphatic hydroxyl groups excluding tert-OH is 1. The van der Waals surface area contributed by atoms with Gasteiger partial charge in [-0.15, -0.1) is 0 Å². The van der Waals surface area contributed by atoms with Crippen molar-refractivity contribution in [2.45, 2.75) is 19.2 Å². The van der Waals surface area contributed by atoms with Gasteiger partial charge in [-0.05, 0) is 15.9 Å². The molecule has 0 amide bonds. The van der Waals surface area contributed by atoms with Crippen LogP contribution in [-0.2, 0) is 12.8 Å². The van der Waals surface area contributed by atoms with Crippen LogP contribution in [0.2, 0.25) is 0 Å².